The Hall–Kier alpha value is -1.26. The molecule has 2 aromatic rings. The Balaban J connectivity index is 2.92. The number of terminal acetylenes is 1. The van der Waals surface area contributed by atoms with Gasteiger partial charge in [0, 0.05) is 15.6 Å². The molecule has 0 saturated heterocycles. The fourth-order valence-electron chi connectivity index (χ4n) is 1.12. The fourth-order valence-corrected chi connectivity index (χ4v) is 1.93. The summed E-state index contributed by atoms with van der Waals surface area (Å²) in [6.07, 6.45) is 5.33. The fraction of sp³-hybridized carbons (Fsp3) is 0. The third kappa shape index (κ3) is 0.923. The second-order valence-electron chi connectivity index (χ2n) is 2.28. The zero-order chi connectivity index (χ0) is 7.68. The van der Waals surface area contributed by atoms with Crippen LogP contribution in [0.5, 0.6) is 0 Å². The molecule has 0 N–H and O–H groups in total. The SMILES string of the molecule is C#Cc1cccc2sccc12. The summed E-state index contributed by atoms with van der Waals surface area (Å²) in [4.78, 5) is 0. The predicted molar refractivity (Wildman–Crippen MR) is 49.8 cm³/mol. The van der Waals surface area contributed by atoms with Gasteiger partial charge in [0.2, 0.25) is 0 Å². The lowest BCUT2D eigenvalue weighted by atomic mass is 10.1. The van der Waals surface area contributed by atoms with E-state index in [1.165, 1.54) is 10.1 Å². The molecule has 0 saturated carbocycles. The molecule has 0 aliphatic carbocycles. The molecule has 52 valence electrons. The molecule has 11 heavy (non-hydrogen) atoms. The second kappa shape index (κ2) is 2.41. The van der Waals surface area contributed by atoms with Crippen molar-refractivity contribution in [3.63, 3.8) is 0 Å². The van der Waals surface area contributed by atoms with E-state index in [0.29, 0.717) is 0 Å². The number of thiophene rings is 1. The number of rotatable bonds is 0. The van der Waals surface area contributed by atoms with Gasteiger partial charge in [0.15, 0.2) is 0 Å². The zero-order valence-electron chi connectivity index (χ0n) is 5.87. The van der Waals surface area contributed by atoms with E-state index in [2.05, 4.69) is 23.4 Å². The summed E-state index contributed by atoms with van der Waals surface area (Å²) in [6, 6.07) is 8.11. The molecule has 0 atom stereocenters. The summed E-state index contributed by atoms with van der Waals surface area (Å²) in [5.74, 6) is 2.66. The van der Waals surface area contributed by atoms with Crippen molar-refractivity contribution in [1.29, 1.82) is 0 Å². The Morgan fingerprint density at radius 3 is 3.00 bits per heavy atom. The van der Waals surface area contributed by atoms with Crippen LogP contribution in [0.1, 0.15) is 5.56 Å². The highest BCUT2D eigenvalue weighted by atomic mass is 32.1. The molecule has 0 fully saturated rings. The number of benzene rings is 1. The summed E-state index contributed by atoms with van der Waals surface area (Å²) in [5.41, 5.74) is 0.990. The Labute approximate surface area is 69.5 Å². The minimum absolute atomic E-state index is 0.990. The van der Waals surface area contributed by atoms with Crippen LogP contribution in [0.4, 0.5) is 0 Å². The Kier molecular flexibility index (Phi) is 1.41. The molecule has 0 amide bonds. The Bertz CT molecular complexity index is 418. The average Bonchev–Trinajstić information content (AvgIpc) is 2.50. The van der Waals surface area contributed by atoms with E-state index in [-0.39, 0.29) is 0 Å². The zero-order valence-corrected chi connectivity index (χ0v) is 6.69. The van der Waals surface area contributed by atoms with Crippen molar-refractivity contribution < 1.29 is 0 Å². The lowest BCUT2D eigenvalue weighted by Gasteiger charge is -1.91. The summed E-state index contributed by atoms with van der Waals surface area (Å²) in [6.45, 7) is 0. The Morgan fingerprint density at radius 2 is 2.18 bits per heavy atom. The first-order chi connectivity index (χ1) is 5.42. The van der Waals surface area contributed by atoms with Crippen LogP contribution in [0.25, 0.3) is 10.1 Å². The first-order valence-electron chi connectivity index (χ1n) is 3.34. The molecule has 0 nitrogen and oxygen atoms in total. The minimum Gasteiger partial charge on any atom is -0.144 e. The maximum Gasteiger partial charge on any atom is 0.0355 e. The van der Waals surface area contributed by atoms with Crippen molar-refractivity contribution >= 4 is 21.4 Å². The third-order valence-electron chi connectivity index (χ3n) is 1.65. The van der Waals surface area contributed by atoms with Crippen molar-refractivity contribution in [1.82, 2.24) is 0 Å². The first-order valence-corrected chi connectivity index (χ1v) is 4.22. The normalized spacial score (nSPS) is 9.73. The van der Waals surface area contributed by atoms with Gasteiger partial charge in [-0.25, -0.2) is 0 Å². The molecule has 1 aromatic carbocycles. The van der Waals surface area contributed by atoms with E-state index >= 15 is 0 Å². The van der Waals surface area contributed by atoms with Gasteiger partial charge in [0.1, 0.15) is 0 Å². The Morgan fingerprint density at radius 1 is 1.27 bits per heavy atom. The van der Waals surface area contributed by atoms with Crippen LogP contribution in [0.15, 0.2) is 29.6 Å². The lowest BCUT2D eigenvalue weighted by Crippen LogP contribution is -1.71. The van der Waals surface area contributed by atoms with E-state index in [0.717, 1.165) is 5.56 Å². The number of hydrogen-bond acceptors (Lipinski definition) is 1. The van der Waals surface area contributed by atoms with Crippen LogP contribution in [0.2, 0.25) is 0 Å². The van der Waals surface area contributed by atoms with E-state index in [9.17, 15) is 0 Å². The van der Waals surface area contributed by atoms with Crippen molar-refractivity contribution in [3.05, 3.63) is 35.2 Å². The van der Waals surface area contributed by atoms with Crippen LogP contribution in [-0.2, 0) is 0 Å². The van der Waals surface area contributed by atoms with Crippen molar-refractivity contribution in [2.75, 3.05) is 0 Å². The quantitative estimate of drug-likeness (QED) is 0.517. The maximum atomic E-state index is 5.33. The topological polar surface area (TPSA) is 0 Å². The minimum atomic E-state index is 0.990. The molecule has 1 aromatic heterocycles. The van der Waals surface area contributed by atoms with Crippen LogP contribution in [-0.4, -0.2) is 0 Å². The highest BCUT2D eigenvalue weighted by Gasteiger charge is 1.96. The van der Waals surface area contributed by atoms with Gasteiger partial charge in [-0.2, -0.15) is 0 Å². The van der Waals surface area contributed by atoms with E-state index in [4.69, 9.17) is 6.42 Å². The molecule has 0 bridgehead atoms. The van der Waals surface area contributed by atoms with Gasteiger partial charge >= 0.3 is 0 Å². The molecule has 0 aliphatic rings. The van der Waals surface area contributed by atoms with Crippen LogP contribution >= 0.6 is 11.3 Å². The summed E-state index contributed by atoms with van der Waals surface area (Å²) >= 11 is 1.72. The highest BCUT2D eigenvalue weighted by molar-refractivity contribution is 7.17. The van der Waals surface area contributed by atoms with Gasteiger partial charge in [-0.3, -0.25) is 0 Å². The molecule has 0 unspecified atom stereocenters. The first kappa shape index (κ1) is 6.45. The molecule has 0 spiro atoms. The van der Waals surface area contributed by atoms with E-state index in [1.807, 2.05) is 12.1 Å². The second-order valence-corrected chi connectivity index (χ2v) is 3.23. The van der Waals surface area contributed by atoms with Gasteiger partial charge < -0.3 is 0 Å². The van der Waals surface area contributed by atoms with Gasteiger partial charge in [-0.15, -0.1) is 17.8 Å². The molecule has 1 heteroatoms. The predicted octanol–water partition coefficient (Wildman–Crippen LogP) is 2.88. The highest BCUT2D eigenvalue weighted by Crippen LogP contribution is 2.23. The molecule has 0 aliphatic heterocycles. The van der Waals surface area contributed by atoms with Gasteiger partial charge in [0.05, 0.1) is 0 Å². The molecular formula is C10H6S. The summed E-state index contributed by atoms with van der Waals surface area (Å²) in [7, 11) is 0. The smallest absolute Gasteiger partial charge is 0.0355 e. The third-order valence-corrected chi connectivity index (χ3v) is 2.53. The standard InChI is InChI=1S/C10H6S/c1-2-8-4-3-5-10-9(8)6-7-11-10/h1,3-7H. The number of fused-ring (bicyclic) bond motifs is 1. The van der Waals surface area contributed by atoms with E-state index in [1.54, 1.807) is 11.3 Å². The largest absolute Gasteiger partial charge is 0.144 e. The van der Waals surface area contributed by atoms with Crippen LogP contribution in [0.3, 0.4) is 0 Å². The van der Waals surface area contributed by atoms with Crippen molar-refractivity contribution in [2.24, 2.45) is 0 Å². The van der Waals surface area contributed by atoms with Gasteiger partial charge in [-0.05, 0) is 23.6 Å². The number of hydrogen-bond donors (Lipinski definition) is 0. The molecular weight excluding hydrogens is 152 g/mol. The van der Waals surface area contributed by atoms with Crippen LogP contribution in [0, 0.1) is 12.3 Å². The summed E-state index contributed by atoms with van der Waals surface area (Å²) < 4.78 is 1.26. The van der Waals surface area contributed by atoms with Gasteiger partial charge in [-0.1, -0.05) is 12.0 Å². The van der Waals surface area contributed by atoms with Crippen molar-refractivity contribution in [3.8, 4) is 12.3 Å². The molecule has 1 heterocycles. The molecule has 2 rings (SSSR count). The average molecular weight is 158 g/mol. The van der Waals surface area contributed by atoms with Gasteiger partial charge in [0.25, 0.3) is 0 Å². The van der Waals surface area contributed by atoms with Crippen LogP contribution < -0.4 is 0 Å². The maximum absolute atomic E-state index is 5.33. The lowest BCUT2D eigenvalue weighted by molar-refractivity contribution is 1.78. The summed E-state index contributed by atoms with van der Waals surface area (Å²) in [5, 5.41) is 3.26. The van der Waals surface area contributed by atoms with E-state index < -0.39 is 0 Å². The monoisotopic (exact) mass is 158 g/mol. The molecule has 0 radical (unpaired) electrons. The van der Waals surface area contributed by atoms with Crippen molar-refractivity contribution in [2.45, 2.75) is 0 Å².